The van der Waals surface area contributed by atoms with Crippen molar-refractivity contribution in [2.45, 2.75) is 64.2 Å². The van der Waals surface area contributed by atoms with Crippen molar-refractivity contribution in [2.24, 2.45) is 5.92 Å². The first kappa shape index (κ1) is 15.4. The van der Waals surface area contributed by atoms with Gasteiger partial charge in [-0.2, -0.15) is 0 Å². The van der Waals surface area contributed by atoms with Crippen molar-refractivity contribution in [3.05, 3.63) is 0 Å². The van der Waals surface area contributed by atoms with Crippen LogP contribution in [0.5, 0.6) is 0 Å². The van der Waals surface area contributed by atoms with Gasteiger partial charge >= 0.3 is 5.97 Å². The molecular weight excluding hydrogens is 230 g/mol. The molecule has 4 heteroatoms. The molecular formula is C14H27NO3. The molecule has 1 rings (SSSR count). The van der Waals surface area contributed by atoms with E-state index in [2.05, 4.69) is 12.2 Å². The first-order valence-electron chi connectivity index (χ1n) is 7.02. The van der Waals surface area contributed by atoms with E-state index in [4.69, 9.17) is 9.47 Å². The summed E-state index contributed by atoms with van der Waals surface area (Å²) in [5.74, 6) is -0.321. The smallest absolute Gasteiger partial charge is 0.311 e. The van der Waals surface area contributed by atoms with Gasteiger partial charge in [0.15, 0.2) is 0 Å². The van der Waals surface area contributed by atoms with E-state index in [1.807, 2.05) is 14.0 Å². The Labute approximate surface area is 110 Å². The topological polar surface area (TPSA) is 47.6 Å². The summed E-state index contributed by atoms with van der Waals surface area (Å²) in [5.41, 5.74) is 0. The van der Waals surface area contributed by atoms with Gasteiger partial charge in [-0.05, 0) is 39.7 Å². The van der Waals surface area contributed by atoms with Crippen LogP contribution >= 0.6 is 0 Å². The molecule has 1 fully saturated rings. The fraction of sp³-hybridized carbons (Fsp3) is 0.929. The minimum absolute atomic E-state index is 0.0292. The number of ether oxygens (including phenoxy) is 2. The van der Waals surface area contributed by atoms with Crippen LogP contribution < -0.4 is 5.32 Å². The number of carbonyl (C=O) groups is 1. The number of nitrogens with one attached hydrogen (secondary N) is 1. The molecule has 0 radical (unpaired) electrons. The maximum atomic E-state index is 11.5. The summed E-state index contributed by atoms with van der Waals surface area (Å²) in [6, 6.07) is 0.521. The second-order valence-electron chi connectivity index (χ2n) is 5.20. The maximum absolute atomic E-state index is 11.5. The largest absolute Gasteiger partial charge is 0.469 e. The Morgan fingerprint density at radius 3 is 2.78 bits per heavy atom. The van der Waals surface area contributed by atoms with Crippen LogP contribution in [0.25, 0.3) is 0 Å². The molecule has 0 amide bonds. The van der Waals surface area contributed by atoms with Gasteiger partial charge in [-0.1, -0.05) is 13.3 Å². The summed E-state index contributed by atoms with van der Waals surface area (Å²) in [6.07, 6.45) is 5.72. The van der Waals surface area contributed by atoms with Crippen LogP contribution in [0.4, 0.5) is 0 Å². The number of rotatable bonds is 7. The van der Waals surface area contributed by atoms with Crippen LogP contribution in [0, 0.1) is 5.92 Å². The normalized spacial score (nSPS) is 26.9. The number of carbonyl (C=O) groups excluding carboxylic acids is 1. The van der Waals surface area contributed by atoms with E-state index >= 15 is 0 Å². The van der Waals surface area contributed by atoms with Crippen LogP contribution in [0.2, 0.25) is 0 Å². The lowest BCUT2D eigenvalue weighted by atomic mass is 10.00. The molecule has 0 aliphatic carbocycles. The van der Waals surface area contributed by atoms with Gasteiger partial charge in [-0.3, -0.25) is 4.79 Å². The molecule has 1 heterocycles. The molecule has 0 saturated carbocycles. The number of hydrogen-bond donors (Lipinski definition) is 1. The summed E-state index contributed by atoms with van der Waals surface area (Å²) in [6.45, 7) is 4.09. The Morgan fingerprint density at radius 1 is 1.50 bits per heavy atom. The van der Waals surface area contributed by atoms with E-state index < -0.39 is 0 Å². The van der Waals surface area contributed by atoms with Gasteiger partial charge in [-0.15, -0.1) is 0 Å². The lowest BCUT2D eigenvalue weighted by molar-refractivity contribution is -0.149. The Bertz CT molecular complexity index is 257. The minimum Gasteiger partial charge on any atom is -0.469 e. The first-order valence-corrected chi connectivity index (χ1v) is 7.02. The van der Waals surface area contributed by atoms with Crippen LogP contribution in [-0.4, -0.2) is 38.4 Å². The van der Waals surface area contributed by atoms with Crippen molar-refractivity contribution in [3.63, 3.8) is 0 Å². The number of hydrogen-bond acceptors (Lipinski definition) is 4. The number of esters is 1. The van der Waals surface area contributed by atoms with Crippen LogP contribution in [-0.2, 0) is 14.3 Å². The maximum Gasteiger partial charge on any atom is 0.311 e. The Balaban J connectivity index is 2.38. The van der Waals surface area contributed by atoms with Gasteiger partial charge in [-0.25, -0.2) is 0 Å². The summed E-state index contributed by atoms with van der Waals surface area (Å²) < 4.78 is 10.8. The van der Waals surface area contributed by atoms with Crippen LogP contribution in [0.15, 0.2) is 0 Å². The first-order chi connectivity index (χ1) is 8.62. The van der Waals surface area contributed by atoms with E-state index in [9.17, 15) is 4.79 Å². The lowest BCUT2D eigenvalue weighted by Gasteiger charge is -2.22. The van der Waals surface area contributed by atoms with Crippen LogP contribution in [0.3, 0.4) is 0 Å². The molecule has 1 saturated heterocycles. The van der Waals surface area contributed by atoms with Crippen molar-refractivity contribution in [2.75, 3.05) is 14.2 Å². The molecule has 0 aromatic heterocycles. The molecule has 1 aliphatic heterocycles. The Hall–Kier alpha value is -0.610. The highest BCUT2D eigenvalue weighted by atomic mass is 16.5. The van der Waals surface area contributed by atoms with E-state index in [0.29, 0.717) is 6.04 Å². The molecule has 0 bridgehead atoms. The van der Waals surface area contributed by atoms with Gasteiger partial charge < -0.3 is 14.8 Å². The summed E-state index contributed by atoms with van der Waals surface area (Å²) >= 11 is 0. The zero-order valence-corrected chi connectivity index (χ0v) is 12.1. The zero-order chi connectivity index (χ0) is 13.5. The molecule has 0 aromatic rings. The van der Waals surface area contributed by atoms with Crippen molar-refractivity contribution in [3.8, 4) is 0 Å². The van der Waals surface area contributed by atoms with Crippen molar-refractivity contribution in [1.29, 1.82) is 0 Å². The molecule has 1 aliphatic rings. The molecule has 0 unspecified atom stereocenters. The third kappa shape index (κ3) is 4.25. The number of methoxy groups -OCH3 is 1. The second kappa shape index (κ2) is 7.74. The van der Waals surface area contributed by atoms with Crippen molar-refractivity contribution in [1.82, 2.24) is 5.32 Å². The average molecular weight is 257 g/mol. The average Bonchev–Trinajstić information content (AvgIpc) is 2.84. The Morgan fingerprint density at radius 2 is 2.22 bits per heavy atom. The third-order valence-electron chi connectivity index (χ3n) is 3.86. The predicted molar refractivity (Wildman–Crippen MR) is 71.4 cm³/mol. The lowest BCUT2D eigenvalue weighted by Crippen LogP contribution is -2.31. The minimum atomic E-state index is -0.167. The van der Waals surface area contributed by atoms with Crippen molar-refractivity contribution >= 4 is 5.97 Å². The molecule has 4 atom stereocenters. The standard InChI is InChI=1S/C14H27NO3/c1-5-6-11(15-3)9-12-7-8-13(18-12)10(2)14(16)17-4/h10-13,15H,5-9H2,1-4H3/t10-,11-,12+,13-/m1/s1. The fourth-order valence-corrected chi connectivity index (χ4v) is 2.66. The van der Waals surface area contributed by atoms with Crippen molar-refractivity contribution < 1.29 is 14.3 Å². The third-order valence-corrected chi connectivity index (χ3v) is 3.86. The van der Waals surface area contributed by atoms with Gasteiger partial charge in [0.2, 0.25) is 0 Å². The highest BCUT2D eigenvalue weighted by molar-refractivity contribution is 5.72. The molecule has 0 aromatic carbocycles. The van der Waals surface area contributed by atoms with E-state index in [0.717, 1.165) is 19.3 Å². The molecule has 106 valence electrons. The monoisotopic (exact) mass is 257 g/mol. The molecule has 4 nitrogen and oxygen atoms in total. The van der Waals surface area contributed by atoms with Gasteiger partial charge in [0, 0.05) is 6.04 Å². The summed E-state index contributed by atoms with van der Waals surface area (Å²) in [4.78, 5) is 11.5. The SMILES string of the molecule is CCC[C@H](C[C@@H]1CC[C@H]([C@@H](C)C(=O)OC)O1)NC. The molecule has 18 heavy (non-hydrogen) atoms. The van der Waals surface area contributed by atoms with Crippen LogP contribution in [0.1, 0.15) is 46.0 Å². The van der Waals surface area contributed by atoms with Gasteiger partial charge in [0.05, 0.1) is 25.2 Å². The zero-order valence-electron chi connectivity index (χ0n) is 12.1. The molecule has 1 N–H and O–H groups in total. The van der Waals surface area contributed by atoms with E-state index in [1.165, 1.54) is 20.0 Å². The van der Waals surface area contributed by atoms with E-state index in [1.54, 1.807) is 0 Å². The predicted octanol–water partition coefficient (Wildman–Crippen LogP) is 2.12. The quantitative estimate of drug-likeness (QED) is 0.710. The highest BCUT2D eigenvalue weighted by Gasteiger charge is 2.34. The van der Waals surface area contributed by atoms with Gasteiger partial charge in [0.25, 0.3) is 0 Å². The summed E-state index contributed by atoms with van der Waals surface area (Å²) in [5, 5.41) is 3.34. The Kier molecular flexibility index (Phi) is 6.65. The summed E-state index contributed by atoms with van der Waals surface area (Å²) in [7, 11) is 3.44. The highest BCUT2D eigenvalue weighted by Crippen LogP contribution is 2.29. The van der Waals surface area contributed by atoms with E-state index in [-0.39, 0.29) is 24.1 Å². The molecule has 0 spiro atoms. The van der Waals surface area contributed by atoms with Gasteiger partial charge in [0.1, 0.15) is 0 Å². The fourth-order valence-electron chi connectivity index (χ4n) is 2.66. The second-order valence-corrected chi connectivity index (χ2v) is 5.20.